The van der Waals surface area contributed by atoms with E-state index >= 15 is 0 Å². The van der Waals surface area contributed by atoms with Crippen LogP contribution in [0.4, 0.5) is 13.2 Å². The first-order valence-electron chi connectivity index (χ1n) is 9.96. The molecule has 0 bridgehead atoms. The number of ether oxygens (including phenoxy) is 2. The fourth-order valence-corrected chi connectivity index (χ4v) is 3.70. The van der Waals surface area contributed by atoms with E-state index in [2.05, 4.69) is 10.1 Å². The number of pyridine rings is 1. The van der Waals surface area contributed by atoms with Crippen LogP contribution in [0.15, 0.2) is 36.5 Å². The molecule has 0 saturated carbocycles. The van der Waals surface area contributed by atoms with E-state index < -0.39 is 18.2 Å². The van der Waals surface area contributed by atoms with Crippen molar-refractivity contribution in [3.63, 3.8) is 0 Å². The Bertz CT molecular complexity index is 1280. The third-order valence-electron chi connectivity index (χ3n) is 5.22. The molecule has 34 heavy (non-hydrogen) atoms. The van der Waals surface area contributed by atoms with Gasteiger partial charge in [-0.25, -0.2) is 4.68 Å². The average molecular weight is 492 g/mol. The molecule has 0 saturated heterocycles. The predicted octanol–water partition coefficient (Wildman–Crippen LogP) is 4.29. The summed E-state index contributed by atoms with van der Waals surface area (Å²) in [5.41, 5.74) is 0.973. The van der Waals surface area contributed by atoms with Crippen molar-refractivity contribution in [2.45, 2.75) is 32.3 Å². The Hall–Kier alpha value is -3.78. The van der Waals surface area contributed by atoms with Crippen molar-refractivity contribution in [1.29, 1.82) is 5.26 Å². The van der Waals surface area contributed by atoms with Crippen molar-refractivity contribution in [2.75, 3.05) is 7.11 Å². The molecular formula is C22H17ClF3N5O3. The van der Waals surface area contributed by atoms with Crippen LogP contribution in [-0.4, -0.2) is 45.0 Å². The maximum atomic E-state index is 13.3. The van der Waals surface area contributed by atoms with Crippen molar-refractivity contribution < 1.29 is 27.4 Å². The lowest BCUT2D eigenvalue weighted by Gasteiger charge is -2.23. The van der Waals surface area contributed by atoms with Gasteiger partial charge >= 0.3 is 6.18 Å². The summed E-state index contributed by atoms with van der Waals surface area (Å²) in [7, 11) is 1.50. The summed E-state index contributed by atoms with van der Waals surface area (Å²) in [4.78, 5) is 19.0. The lowest BCUT2D eigenvalue weighted by molar-refractivity contribution is -0.189. The minimum Gasteiger partial charge on any atom is -0.481 e. The fraction of sp³-hybridized carbons (Fsp3) is 0.273. The third kappa shape index (κ3) is 4.36. The zero-order valence-corrected chi connectivity index (χ0v) is 18.7. The van der Waals surface area contributed by atoms with Crippen LogP contribution in [-0.2, 0) is 13.1 Å². The molecule has 1 atom stereocenters. The van der Waals surface area contributed by atoms with E-state index in [0.29, 0.717) is 17.4 Å². The minimum atomic E-state index is -4.65. The summed E-state index contributed by atoms with van der Waals surface area (Å²) in [5.74, 6) is -0.0876. The van der Waals surface area contributed by atoms with Gasteiger partial charge in [-0.15, -0.1) is 0 Å². The Morgan fingerprint density at radius 3 is 2.68 bits per heavy atom. The van der Waals surface area contributed by atoms with Gasteiger partial charge in [0.15, 0.2) is 11.9 Å². The number of amides is 1. The molecule has 12 heteroatoms. The highest BCUT2D eigenvalue weighted by atomic mass is 35.5. The standard InChI is InChI=1S/C22H17ClF3N5O3/c1-12(22(24,25)26)34-16-7-6-13(8-27)20(23)19(16)21(32)30-9-14-10-31(29-15(14)11-30)17-4-3-5-18(28-17)33-2/h3-7,10,12H,9,11H2,1-2H3/t12-/m0/s1. The number of nitrogens with zero attached hydrogens (tertiary/aromatic N) is 5. The summed E-state index contributed by atoms with van der Waals surface area (Å²) in [6.07, 6.45) is -5.12. The summed E-state index contributed by atoms with van der Waals surface area (Å²) >= 11 is 6.23. The highest BCUT2D eigenvalue weighted by molar-refractivity contribution is 6.35. The van der Waals surface area contributed by atoms with Crippen LogP contribution in [0.25, 0.3) is 5.82 Å². The third-order valence-corrected chi connectivity index (χ3v) is 5.61. The number of nitriles is 1. The van der Waals surface area contributed by atoms with E-state index in [1.807, 2.05) is 6.07 Å². The number of rotatable bonds is 5. The monoisotopic (exact) mass is 491 g/mol. The number of aromatic nitrogens is 3. The van der Waals surface area contributed by atoms with Gasteiger partial charge in [0, 0.05) is 24.4 Å². The van der Waals surface area contributed by atoms with Crippen LogP contribution in [0.3, 0.4) is 0 Å². The van der Waals surface area contributed by atoms with Crippen molar-refractivity contribution in [3.8, 4) is 23.5 Å². The Labute approximate surface area is 197 Å². The van der Waals surface area contributed by atoms with Crippen LogP contribution < -0.4 is 9.47 Å². The molecule has 1 aromatic carbocycles. The zero-order valence-electron chi connectivity index (χ0n) is 17.9. The smallest absolute Gasteiger partial charge is 0.425 e. The van der Waals surface area contributed by atoms with Gasteiger partial charge in [0.2, 0.25) is 5.88 Å². The second-order valence-electron chi connectivity index (χ2n) is 7.46. The summed E-state index contributed by atoms with van der Waals surface area (Å²) < 4.78 is 50.8. The Morgan fingerprint density at radius 2 is 2.03 bits per heavy atom. The number of benzene rings is 1. The molecule has 0 radical (unpaired) electrons. The molecule has 0 aliphatic carbocycles. The summed E-state index contributed by atoms with van der Waals surface area (Å²) in [6.45, 7) is 1.05. The number of carbonyl (C=O) groups is 1. The molecule has 176 valence electrons. The van der Waals surface area contributed by atoms with Crippen LogP contribution in [0.1, 0.15) is 34.1 Å². The van der Waals surface area contributed by atoms with Gasteiger partial charge < -0.3 is 14.4 Å². The first kappa shape index (κ1) is 23.4. The second kappa shape index (κ2) is 8.87. The normalized spacial score (nSPS) is 13.9. The van der Waals surface area contributed by atoms with Gasteiger partial charge in [-0.2, -0.15) is 28.5 Å². The van der Waals surface area contributed by atoms with Gasteiger partial charge in [0.25, 0.3) is 5.91 Å². The van der Waals surface area contributed by atoms with E-state index in [1.165, 1.54) is 18.1 Å². The molecule has 0 N–H and O–H groups in total. The van der Waals surface area contributed by atoms with Gasteiger partial charge in [-0.05, 0) is 25.1 Å². The summed E-state index contributed by atoms with van der Waals surface area (Å²) in [5, 5.41) is 13.5. The number of methoxy groups -OCH3 is 1. The molecule has 8 nitrogen and oxygen atoms in total. The molecule has 1 aliphatic heterocycles. The first-order valence-corrected chi connectivity index (χ1v) is 10.3. The van der Waals surface area contributed by atoms with Crippen LogP contribution in [0, 0.1) is 11.3 Å². The molecule has 0 unspecified atom stereocenters. The van der Waals surface area contributed by atoms with E-state index in [0.717, 1.165) is 18.6 Å². The molecule has 3 heterocycles. The summed E-state index contributed by atoms with van der Waals surface area (Å²) in [6, 6.07) is 9.38. The van der Waals surface area contributed by atoms with E-state index in [9.17, 15) is 23.2 Å². The lowest BCUT2D eigenvalue weighted by atomic mass is 10.1. The van der Waals surface area contributed by atoms with Crippen LogP contribution in [0.2, 0.25) is 5.02 Å². The quantitative estimate of drug-likeness (QED) is 0.528. The van der Waals surface area contributed by atoms with Crippen molar-refractivity contribution in [3.05, 3.63) is 63.9 Å². The molecular weight excluding hydrogens is 475 g/mol. The Morgan fingerprint density at radius 1 is 1.26 bits per heavy atom. The molecule has 0 spiro atoms. The van der Waals surface area contributed by atoms with Crippen molar-refractivity contribution >= 4 is 17.5 Å². The molecule has 1 aliphatic rings. The second-order valence-corrected chi connectivity index (χ2v) is 7.84. The highest BCUT2D eigenvalue weighted by Gasteiger charge is 2.39. The molecule has 1 amide bonds. The topological polar surface area (TPSA) is 93.3 Å². The minimum absolute atomic E-state index is 0.0525. The SMILES string of the molecule is COc1cccc(-n2cc3c(n2)CN(C(=O)c2c(O[C@@H](C)C(F)(F)F)ccc(C#N)c2Cl)C3)n1. The van der Waals surface area contributed by atoms with Gasteiger partial charge in [0.1, 0.15) is 17.4 Å². The highest BCUT2D eigenvalue weighted by Crippen LogP contribution is 2.36. The maximum Gasteiger partial charge on any atom is 0.425 e. The van der Waals surface area contributed by atoms with Crippen molar-refractivity contribution in [1.82, 2.24) is 19.7 Å². The number of hydrogen-bond acceptors (Lipinski definition) is 6. The average Bonchev–Trinajstić information content (AvgIpc) is 3.38. The largest absolute Gasteiger partial charge is 0.481 e. The lowest BCUT2D eigenvalue weighted by Crippen LogP contribution is -2.33. The maximum absolute atomic E-state index is 13.3. The van der Waals surface area contributed by atoms with E-state index in [-0.39, 0.29) is 35.0 Å². The number of carbonyl (C=O) groups excluding carboxylic acids is 1. The van der Waals surface area contributed by atoms with Gasteiger partial charge in [-0.1, -0.05) is 17.7 Å². The molecule has 2 aromatic heterocycles. The van der Waals surface area contributed by atoms with Gasteiger partial charge in [0.05, 0.1) is 29.9 Å². The van der Waals surface area contributed by atoms with E-state index in [4.69, 9.17) is 21.1 Å². The first-order chi connectivity index (χ1) is 16.1. The Balaban J connectivity index is 1.61. The fourth-order valence-electron chi connectivity index (χ4n) is 3.42. The van der Waals surface area contributed by atoms with Crippen LogP contribution >= 0.6 is 11.6 Å². The van der Waals surface area contributed by atoms with Crippen LogP contribution in [0.5, 0.6) is 11.6 Å². The number of halogens is 4. The number of alkyl halides is 3. The zero-order chi connectivity index (χ0) is 24.6. The predicted molar refractivity (Wildman–Crippen MR) is 114 cm³/mol. The number of fused-ring (bicyclic) bond motifs is 1. The Kier molecular flexibility index (Phi) is 6.10. The van der Waals surface area contributed by atoms with Crippen molar-refractivity contribution in [2.24, 2.45) is 0 Å². The van der Waals surface area contributed by atoms with Gasteiger partial charge in [-0.3, -0.25) is 4.79 Å². The molecule has 4 rings (SSSR count). The molecule has 0 fully saturated rings. The van der Waals surface area contributed by atoms with E-state index in [1.54, 1.807) is 29.1 Å². The molecule has 3 aromatic rings. The number of hydrogen-bond donors (Lipinski definition) is 0.